The second-order valence-electron chi connectivity index (χ2n) is 3.98. The second kappa shape index (κ2) is 2.98. The molecular formula is C11H12N4O. The molecule has 0 amide bonds. The van der Waals surface area contributed by atoms with Crippen LogP contribution >= 0.6 is 0 Å². The van der Waals surface area contributed by atoms with E-state index in [1.54, 1.807) is 12.3 Å². The summed E-state index contributed by atoms with van der Waals surface area (Å²) in [5.74, 6) is 1.74. The van der Waals surface area contributed by atoms with Crippen molar-refractivity contribution in [1.82, 2.24) is 4.57 Å². The molecule has 0 aromatic carbocycles. The molecule has 0 radical (unpaired) electrons. The van der Waals surface area contributed by atoms with E-state index in [4.69, 9.17) is 0 Å². The Morgan fingerprint density at radius 1 is 1.50 bits per heavy atom. The lowest BCUT2D eigenvalue weighted by molar-refractivity contribution is 0.817. The number of hydrogen-bond acceptors (Lipinski definition) is 4. The fourth-order valence-corrected chi connectivity index (χ4v) is 2.08. The van der Waals surface area contributed by atoms with Gasteiger partial charge in [0.25, 0.3) is 0 Å². The zero-order valence-corrected chi connectivity index (χ0v) is 9.19. The van der Waals surface area contributed by atoms with Gasteiger partial charge in [0.1, 0.15) is 17.3 Å². The van der Waals surface area contributed by atoms with E-state index in [1.807, 2.05) is 29.7 Å². The molecule has 82 valence electrons. The molecule has 0 saturated heterocycles. The Kier molecular flexibility index (Phi) is 1.71. The third kappa shape index (κ3) is 1.05. The van der Waals surface area contributed by atoms with Gasteiger partial charge in [0.2, 0.25) is 5.43 Å². The number of fused-ring (bicyclic) bond motifs is 3. The van der Waals surface area contributed by atoms with E-state index in [0.29, 0.717) is 5.69 Å². The highest BCUT2D eigenvalue weighted by molar-refractivity contribution is 5.82. The van der Waals surface area contributed by atoms with E-state index in [-0.39, 0.29) is 5.43 Å². The number of nitrogens with zero attached hydrogens (tertiary/aromatic N) is 3. The minimum Gasteiger partial charge on any atom is -0.352 e. The maximum absolute atomic E-state index is 11.9. The number of aromatic nitrogens is 1. The summed E-state index contributed by atoms with van der Waals surface area (Å²) in [6, 6.07) is 1.64. The number of rotatable bonds is 0. The summed E-state index contributed by atoms with van der Waals surface area (Å²) in [6.45, 7) is 2.65. The molecule has 0 spiro atoms. The average molecular weight is 216 g/mol. The van der Waals surface area contributed by atoms with E-state index in [9.17, 15) is 4.79 Å². The molecule has 3 heterocycles. The molecule has 1 N–H and O–H groups in total. The molecule has 0 unspecified atom stereocenters. The second-order valence-corrected chi connectivity index (χ2v) is 3.98. The average Bonchev–Trinajstić information content (AvgIpc) is 2.72. The van der Waals surface area contributed by atoms with Gasteiger partial charge in [-0.25, -0.2) is 4.99 Å². The summed E-state index contributed by atoms with van der Waals surface area (Å²) >= 11 is 0. The van der Waals surface area contributed by atoms with Crippen molar-refractivity contribution in [2.45, 2.75) is 6.92 Å². The Hall–Kier alpha value is -2.04. The van der Waals surface area contributed by atoms with Crippen LogP contribution in [0, 0.1) is 6.92 Å². The van der Waals surface area contributed by atoms with Crippen LogP contribution < -0.4 is 15.6 Å². The highest BCUT2D eigenvalue weighted by Crippen LogP contribution is 2.31. The molecule has 0 atom stereocenters. The zero-order chi connectivity index (χ0) is 11.3. The zero-order valence-electron chi connectivity index (χ0n) is 9.19. The van der Waals surface area contributed by atoms with Gasteiger partial charge in [0, 0.05) is 31.2 Å². The molecular weight excluding hydrogens is 204 g/mol. The van der Waals surface area contributed by atoms with Crippen molar-refractivity contribution in [2.24, 2.45) is 12.0 Å². The molecule has 5 nitrogen and oxygen atoms in total. The van der Waals surface area contributed by atoms with Gasteiger partial charge in [-0.1, -0.05) is 0 Å². The van der Waals surface area contributed by atoms with E-state index < -0.39 is 0 Å². The van der Waals surface area contributed by atoms with Crippen LogP contribution in [-0.2, 0) is 7.05 Å². The van der Waals surface area contributed by atoms with E-state index in [2.05, 4.69) is 10.3 Å². The van der Waals surface area contributed by atoms with Gasteiger partial charge in [-0.05, 0) is 6.92 Å². The van der Waals surface area contributed by atoms with Crippen LogP contribution in [-0.4, -0.2) is 17.3 Å². The normalized spacial score (nSPS) is 16.6. The molecule has 0 fully saturated rings. The minimum atomic E-state index is 0.0211. The summed E-state index contributed by atoms with van der Waals surface area (Å²) in [7, 11) is 1.95. The largest absolute Gasteiger partial charge is 0.352 e. The van der Waals surface area contributed by atoms with Gasteiger partial charge in [0.15, 0.2) is 0 Å². The molecule has 0 aliphatic carbocycles. The highest BCUT2D eigenvalue weighted by atomic mass is 16.1. The molecule has 1 aromatic heterocycles. The van der Waals surface area contributed by atoms with Gasteiger partial charge in [0.05, 0.1) is 6.54 Å². The first-order chi connectivity index (χ1) is 7.68. The van der Waals surface area contributed by atoms with Crippen molar-refractivity contribution in [2.75, 3.05) is 16.8 Å². The molecule has 16 heavy (non-hydrogen) atoms. The van der Waals surface area contributed by atoms with Gasteiger partial charge >= 0.3 is 0 Å². The lowest BCUT2D eigenvalue weighted by Crippen LogP contribution is -2.30. The van der Waals surface area contributed by atoms with Crippen LogP contribution in [0.15, 0.2) is 27.9 Å². The first kappa shape index (κ1) is 9.21. The standard InChI is InChI=1S/C11H12N4O/c1-7-5-8(16)10-11(14(7)2)15-4-3-12-9(15)6-13-10/h3,5-6,13H,4H2,1-2H3. The highest BCUT2D eigenvalue weighted by Gasteiger charge is 2.26. The monoisotopic (exact) mass is 216 g/mol. The fourth-order valence-electron chi connectivity index (χ4n) is 2.08. The topological polar surface area (TPSA) is 49.6 Å². The summed E-state index contributed by atoms with van der Waals surface area (Å²) in [5.41, 5.74) is 1.59. The number of anilines is 2. The van der Waals surface area contributed by atoms with Crippen molar-refractivity contribution in [3.63, 3.8) is 0 Å². The van der Waals surface area contributed by atoms with Crippen molar-refractivity contribution >= 4 is 17.7 Å². The molecule has 5 heteroatoms. The summed E-state index contributed by atoms with van der Waals surface area (Å²) in [6.07, 6.45) is 3.61. The fraction of sp³-hybridized carbons (Fsp3) is 0.273. The quantitative estimate of drug-likeness (QED) is 0.698. The van der Waals surface area contributed by atoms with Crippen molar-refractivity contribution < 1.29 is 0 Å². The molecule has 1 aromatic rings. The first-order valence-electron chi connectivity index (χ1n) is 5.16. The maximum Gasteiger partial charge on any atom is 0.207 e. The molecule has 2 aliphatic heterocycles. The summed E-state index contributed by atoms with van der Waals surface area (Å²) < 4.78 is 2.01. The number of nitrogens with one attached hydrogen (secondary N) is 1. The van der Waals surface area contributed by atoms with E-state index in [0.717, 1.165) is 23.9 Å². The molecule has 0 bridgehead atoms. The van der Waals surface area contributed by atoms with Gasteiger partial charge < -0.3 is 14.8 Å². The molecule has 0 saturated carbocycles. The number of hydrogen-bond donors (Lipinski definition) is 1. The molecule has 3 rings (SSSR count). The number of aryl methyl sites for hydroxylation is 1. The summed E-state index contributed by atoms with van der Waals surface area (Å²) in [4.78, 5) is 18.1. The van der Waals surface area contributed by atoms with Crippen molar-refractivity contribution in [1.29, 1.82) is 0 Å². The van der Waals surface area contributed by atoms with Crippen LogP contribution in [0.25, 0.3) is 0 Å². The van der Waals surface area contributed by atoms with Crippen LogP contribution in [0.2, 0.25) is 0 Å². The SMILES string of the molecule is Cc1cc(=O)c2c(n1C)N1CC=NC1=CN2. The lowest BCUT2D eigenvalue weighted by Gasteiger charge is -2.28. The predicted molar refractivity (Wildman–Crippen MR) is 64.0 cm³/mol. The number of pyridine rings is 1. The minimum absolute atomic E-state index is 0.0211. The van der Waals surface area contributed by atoms with Crippen molar-refractivity contribution in [3.05, 3.63) is 34.0 Å². The van der Waals surface area contributed by atoms with Gasteiger partial charge in [-0.15, -0.1) is 0 Å². The summed E-state index contributed by atoms with van der Waals surface area (Å²) in [5, 5.41) is 3.02. The Labute approximate surface area is 92.7 Å². The number of aliphatic imine (C=N–C) groups is 1. The Morgan fingerprint density at radius 3 is 3.12 bits per heavy atom. The Bertz CT molecular complexity index is 582. The van der Waals surface area contributed by atoms with Gasteiger partial charge in [-0.3, -0.25) is 4.79 Å². The van der Waals surface area contributed by atoms with Crippen LogP contribution in [0.4, 0.5) is 11.5 Å². The van der Waals surface area contributed by atoms with Crippen LogP contribution in [0.3, 0.4) is 0 Å². The Morgan fingerprint density at radius 2 is 2.31 bits per heavy atom. The predicted octanol–water partition coefficient (Wildman–Crippen LogP) is 0.809. The van der Waals surface area contributed by atoms with E-state index in [1.165, 1.54) is 0 Å². The lowest BCUT2D eigenvalue weighted by atomic mass is 10.2. The third-order valence-corrected chi connectivity index (χ3v) is 3.02. The van der Waals surface area contributed by atoms with E-state index >= 15 is 0 Å². The van der Waals surface area contributed by atoms with Gasteiger partial charge in [-0.2, -0.15) is 0 Å². The maximum atomic E-state index is 11.9. The van der Waals surface area contributed by atoms with Crippen molar-refractivity contribution in [3.8, 4) is 0 Å². The Balaban J connectivity index is 2.30. The smallest absolute Gasteiger partial charge is 0.207 e. The third-order valence-electron chi connectivity index (χ3n) is 3.02. The first-order valence-corrected chi connectivity index (χ1v) is 5.16. The van der Waals surface area contributed by atoms with Crippen LogP contribution in [0.5, 0.6) is 0 Å². The molecule has 2 aliphatic rings. The van der Waals surface area contributed by atoms with Crippen LogP contribution in [0.1, 0.15) is 5.69 Å².